The predicted molar refractivity (Wildman–Crippen MR) is 103 cm³/mol. The Morgan fingerprint density at radius 2 is 1.81 bits per heavy atom. The van der Waals surface area contributed by atoms with E-state index in [4.69, 9.17) is 0 Å². The number of para-hydroxylation sites is 1. The highest BCUT2D eigenvalue weighted by atomic mass is 32.2. The molecule has 6 heteroatoms. The third-order valence-electron chi connectivity index (χ3n) is 3.98. The lowest BCUT2D eigenvalue weighted by atomic mass is 10.1. The van der Waals surface area contributed by atoms with Crippen LogP contribution in [0.4, 0.5) is 5.69 Å². The number of aromatic nitrogens is 3. The van der Waals surface area contributed by atoms with Crippen molar-refractivity contribution in [2.24, 2.45) is 7.05 Å². The minimum absolute atomic E-state index is 0.168. The number of carbonyl (C=O) groups is 1. The Bertz CT molecular complexity index is 1070. The van der Waals surface area contributed by atoms with Crippen LogP contribution in [0.2, 0.25) is 0 Å². The van der Waals surface area contributed by atoms with Gasteiger partial charge in [0.15, 0.2) is 5.16 Å². The van der Waals surface area contributed by atoms with E-state index in [0.717, 1.165) is 21.1 Å². The lowest BCUT2D eigenvalue weighted by molar-refractivity contribution is 0.102. The molecule has 5 nitrogen and oxygen atoms in total. The number of anilines is 1. The van der Waals surface area contributed by atoms with Crippen LogP contribution in [0.5, 0.6) is 0 Å². The molecule has 4 rings (SSSR count). The third-order valence-corrected chi connectivity index (χ3v) is 5.06. The zero-order valence-electron chi connectivity index (χ0n) is 14.1. The first-order valence-corrected chi connectivity index (χ1v) is 8.93. The van der Waals surface area contributed by atoms with Gasteiger partial charge in [-0.1, -0.05) is 30.0 Å². The summed E-state index contributed by atoms with van der Waals surface area (Å²) in [5.41, 5.74) is 2.01. The summed E-state index contributed by atoms with van der Waals surface area (Å²) in [6.07, 6.45) is 5.38. The Kier molecular flexibility index (Phi) is 4.41. The van der Waals surface area contributed by atoms with E-state index in [1.54, 1.807) is 30.2 Å². The highest BCUT2D eigenvalue weighted by Crippen LogP contribution is 2.27. The van der Waals surface area contributed by atoms with Crippen LogP contribution in [0.3, 0.4) is 0 Å². The van der Waals surface area contributed by atoms with Crippen molar-refractivity contribution < 1.29 is 4.79 Å². The molecule has 0 aliphatic rings. The zero-order valence-corrected chi connectivity index (χ0v) is 14.9. The van der Waals surface area contributed by atoms with E-state index in [1.807, 2.05) is 66.3 Å². The second-order valence-electron chi connectivity index (χ2n) is 5.78. The van der Waals surface area contributed by atoms with Gasteiger partial charge in [0.25, 0.3) is 5.91 Å². The molecule has 1 N–H and O–H groups in total. The molecule has 0 bridgehead atoms. The molecule has 2 heterocycles. The molecule has 0 spiro atoms. The van der Waals surface area contributed by atoms with Crippen molar-refractivity contribution in [3.63, 3.8) is 0 Å². The highest BCUT2D eigenvalue weighted by molar-refractivity contribution is 7.99. The number of amides is 1. The maximum Gasteiger partial charge on any atom is 0.257 e. The summed E-state index contributed by atoms with van der Waals surface area (Å²) < 4.78 is 1.97. The lowest BCUT2D eigenvalue weighted by Crippen LogP contribution is -2.12. The fourth-order valence-corrected chi connectivity index (χ4v) is 3.45. The largest absolute Gasteiger partial charge is 0.329 e. The van der Waals surface area contributed by atoms with Crippen LogP contribution in [0.25, 0.3) is 10.9 Å². The van der Waals surface area contributed by atoms with Gasteiger partial charge in [0, 0.05) is 41.6 Å². The van der Waals surface area contributed by atoms with Gasteiger partial charge in [-0.05, 0) is 36.4 Å². The molecule has 2 aromatic heterocycles. The Morgan fingerprint density at radius 1 is 1.00 bits per heavy atom. The van der Waals surface area contributed by atoms with Crippen LogP contribution < -0.4 is 5.32 Å². The average molecular weight is 360 g/mol. The van der Waals surface area contributed by atoms with Gasteiger partial charge in [-0.2, -0.15) is 0 Å². The highest BCUT2D eigenvalue weighted by Gasteiger charge is 2.11. The van der Waals surface area contributed by atoms with Crippen LogP contribution in [0.15, 0.2) is 83.2 Å². The van der Waals surface area contributed by atoms with Gasteiger partial charge in [0.1, 0.15) is 0 Å². The number of benzene rings is 2. The smallest absolute Gasteiger partial charge is 0.257 e. The Morgan fingerprint density at radius 3 is 2.58 bits per heavy atom. The molecular formula is C20H16N4OS. The number of hydrogen-bond acceptors (Lipinski definition) is 4. The number of imidazole rings is 1. The Labute approximate surface area is 155 Å². The fourth-order valence-electron chi connectivity index (χ4n) is 2.65. The van der Waals surface area contributed by atoms with Crippen LogP contribution in [-0.4, -0.2) is 20.4 Å². The van der Waals surface area contributed by atoms with Crippen molar-refractivity contribution >= 4 is 34.3 Å². The van der Waals surface area contributed by atoms with E-state index in [9.17, 15) is 4.79 Å². The van der Waals surface area contributed by atoms with Crippen molar-refractivity contribution in [3.05, 3.63) is 78.8 Å². The summed E-state index contributed by atoms with van der Waals surface area (Å²) in [6.45, 7) is 0. The quantitative estimate of drug-likeness (QED) is 0.587. The monoisotopic (exact) mass is 360 g/mol. The second-order valence-corrected chi connectivity index (χ2v) is 6.82. The van der Waals surface area contributed by atoms with Gasteiger partial charge in [-0.3, -0.25) is 9.78 Å². The maximum atomic E-state index is 12.6. The maximum absolute atomic E-state index is 12.6. The lowest BCUT2D eigenvalue weighted by Gasteiger charge is -2.08. The first-order valence-electron chi connectivity index (χ1n) is 8.11. The van der Waals surface area contributed by atoms with E-state index in [0.29, 0.717) is 11.1 Å². The molecule has 128 valence electrons. The van der Waals surface area contributed by atoms with Gasteiger partial charge in [-0.25, -0.2) is 4.98 Å². The number of hydrogen-bond donors (Lipinski definition) is 1. The molecule has 0 atom stereocenters. The first-order chi connectivity index (χ1) is 12.7. The Hall–Kier alpha value is -3.12. The van der Waals surface area contributed by atoms with E-state index < -0.39 is 0 Å². The van der Waals surface area contributed by atoms with Crippen molar-refractivity contribution in [1.29, 1.82) is 0 Å². The number of carbonyl (C=O) groups excluding carboxylic acids is 1. The van der Waals surface area contributed by atoms with Gasteiger partial charge >= 0.3 is 0 Å². The number of pyridine rings is 1. The number of fused-ring (bicyclic) bond motifs is 1. The second kappa shape index (κ2) is 7.01. The topological polar surface area (TPSA) is 59.8 Å². The van der Waals surface area contributed by atoms with E-state index in [-0.39, 0.29) is 5.91 Å². The standard InChI is InChI=1S/C20H16N4OS/c1-24-13-12-22-20(24)26-16-9-7-15(8-10-16)23-19(25)17-6-2-4-14-5-3-11-21-18(14)17/h2-13H,1H3,(H,23,25). The summed E-state index contributed by atoms with van der Waals surface area (Å²) in [5.74, 6) is -0.168. The molecule has 1 amide bonds. The molecule has 26 heavy (non-hydrogen) atoms. The normalized spacial score (nSPS) is 10.8. The van der Waals surface area contributed by atoms with E-state index in [2.05, 4.69) is 15.3 Å². The van der Waals surface area contributed by atoms with E-state index in [1.165, 1.54) is 0 Å². The molecule has 0 fully saturated rings. The molecule has 0 saturated carbocycles. The van der Waals surface area contributed by atoms with Crippen molar-refractivity contribution in [3.8, 4) is 0 Å². The summed E-state index contributed by atoms with van der Waals surface area (Å²) in [4.78, 5) is 22.3. The van der Waals surface area contributed by atoms with Crippen LogP contribution in [-0.2, 0) is 7.05 Å². The van der Waals surface area contributed by atoms with Crippen molar-refractivity contribution in [1.82, 2.24) is 14.5 Å². The fraction of sp³-hybridized carbons (Fsp3) is 0.0500. The predicted octanol–water partition coefficient (Wildman–Crippen LogP) is 4.37. The molecule has 2 aromatic carbocycles. The molecule has 0 unspecified atom stereocenters. The molecule has 0 aliphatic heterocycles. The Balaban J connectivity index is 1.52. The summed E-state index contributed by atoms with van der Waals surface area (Å²) in [5, 5.41) is 4.81. The average Bonchev–Trinajstić information content (AvgIpc) is 3.07. The molecule has 0 aliphatic carbocycles. The third kappa shape index (κ3) is 3.32. The number of nitrogens with zero attached hydrogens (tertiary/aromatic N) is 3. The summed E-state index contributed by atoms with van der Waals surface area (Å²) >= 11 is 1.58. The molecule has 0 radical (unpaired) electrons. The van der Waals surface area contributed by atoms with Gasteiger partial charge in [0.2, 0.25) is 0 Å². The van der Waals surface area contributed by atoms with Crippen LogP contribution >= 0.6 is 11.8 Å². The molecule has 0 saturated heterocycles. The van der Waals surface area contributed by atoms with Crippen molar-refractivity contribution in [2.45, 2.75) is 10.1 Å². The number of nitrogens with one attached hydrogen (secondary N) is 1. The van der Waals surface area contributed by atoms with Gasteiger partial charge in [-0.15, -0.1) is 0 Å². The van der Waals surface area contributed by atoms with Crippen molar-refractivity contribution in [2.75, 3.05) is 5.32 Å². The SMILES string of the molecule is Cn1ccnc1Sc1ccc(NC(=O)c2cccc3cccnc23)cc1. The van der Waals surface area contributed by atoms with Crippen LogP contribution in [0.1, 0.15) is 10.4 Å². The minimum atomic E-state index is -0.168. The van der Waals surface area contributed by atoms with E-state index >= 15 is 0 Å². The first kappa shape index (κ1) is 16.4. The zero-order chi connectivity index (χ0) is 17.9. The number of aryl methyl sites for hydroxylation is 1. The number of rotatable bonds is 4. The van der Waals surface area contributed by atoms with Crippen LogP contribution in [0, 0.1) is 0 Å². The van der Waals surface area contributed by atoms with Gasteiger partial charge < -0.3 is 9.88 Å². The summed E-state index contributed by atoms with van der Waals surface area (Å²) in [7, 11) is 1.96. The molecule has 4 aromatic rings. The summed E-state index contributed by atoms with van der Waals surface area (Å²) in [6, 6.07) is 17.1. The molecular weight excluding hydrogens is 344 g/mol. The minimum Gasteiger partial charge on any atom is -0.329 e. The van der Waals surface area contributed by atoms with Gasteiger partial charge in [0.05, 0.1) is 11.1 Å².